The Morgan fingerprint density at radius 2 is 2.12 bits per heavy atom. The van der Waals surface area contributed by atoms with Gasteiger partial charge in [0.2, 0.25) is 0 Å². The van der Waals surface area contributed by atoms with Crippen molar-refractivity contribution in [2.75, 3.05) is 17.7 Å². The maximum absolute atomic E-state index is 6.11. The quantitative estimate of drug-likeness (QED) is 0.833. The van der Waals surface area contributed by atoms with Gasteiger partial charge in [-0.25, -0.2) is 0 Å². The van der Waals surface area contributed by atoms with E-state index < -0.39 is 0 Å². The highest BCUT2D eigenvalue weighted by Gasteiger charge is 2.10. The highest BCUT2D eigenvalue weighted by atomic mass is 35.5. The van der Waals surface area contributed by atoms with Crippen molar-refractivity contribution in [3.63, 3.8) is 0 Å². The van der Waals surface area contributed by atoms with Crippen molar-refractivity contribution in [1.29, 1.82) is 0 Å². The van der Waals surface area contributed by atoms with Gasteiger partial charge in [0.1, 0.15) is 5.76 Å². The molecule has 0 fully saturated rings. The summed E-state index contributed by atoms with van der Waals surface area (Å²) in [6.07, 6.45) is 1.65. The molecule has 3 nitrogen and oxygen atoms in total. The molecule has 4 heteroatoms. The van der Waals surface area contributed by atoms with Crippen LogP contribution in [0.2, 0.25) is 5.02 Å². The van der Waals surface area contributed by atoms with Crippen molar-refractivity contribution in [3.05, 3.63) is 47.4 Å². The minimum atomic E-state index is 0.640. The normalized spacial score (nSPS) is 10.4. The van der Waals surface area contributed by atoms with Crippen molar-refractivity contribution in [3.8, 4) is 0 Å². The molecule has 0 radical (unpaired) electrons. The van der Waals surface area contributed by atoms with E-state index in [4.69, 9.17) is 21.8 Å². The second-order valence-electron chi connectivity index (χ2n) is 3.61. The summed E-state index contributed by atoms with van der Waals surface area (Å²) >= 11 is 6.11. The molecule has 0 amide bonds. The number of nitrogen functional groups attached to an aromatic ring is 1. The number of rotatable bonds is 3. The van der Waals surface area contributed by atoms with E-state index in [2.05, 4.69) is 0 Å². The zero-order valence-corrected chi connectivity index (χ0v) is 9.74. The lowest BCUT2D eigenvalue weighted by Crippen LogP contribution is -2.17. The first-order chi connectivity index (χ1) is 7.68. The number of hydrogen-bond acceptors (Lipinski definition) is 3. The Morgan fingerprint density at radius 1 is 1.31 bits per heavy atom. The minimum absolute atomic E-state index is 0.640. The zero-order chi connectivity index (χ0) is 11.5. The summed E-state index contributed by atoms with van der Waals surface area (Å²) in [5, 5.41) is 0.647. The molecule has 1 aromatic carbocycles. The van der Waals surface area contributed by atoms with Crippen LogP contribution in [0.4, 0.5) is 11.4 Å². The summed E-state index contributed by atoms with van der Waals surface area (Å²) in [6, 6.07) is 9.27. The van der Waals surface area contributed by atoms with E-state index in [0.717, 1.165) is 11.4 Å². The first-order valence-electron chi connectivity index (χ1n) is 4.96. The van der Waals surface area contributed by atoms with Crippen LogP contribution in [-0.2, 0) is 6.54 Å². The van der Waals surface area contributed by atoms with E-state index in [1.165, 1.54) is 0 Å². The molecule has 16 heavy (non-hydrogen) atoms. The fourth-order valence-corrected chi connectivity index (χ4v) is 1.98. The van der Waals surface area contributed by atoms with Crippen LogP contribution in [-0.4, -0.2) is 7.05 Å². The number of benzene rings is 1. The van der Waals surface area contributed by atoms with Crippen molar-refractivity contribution in [2.45, 2.75) is 6.54 Å². The van der Waals surface area contributed by atoms with Crippen molar-refractivity contribution < 1.29 is 4.42 Å². The fourth-order valence-electron chi connectivity index (χ4n) is 1.65. The molecule has 84 valence electrons. The first-order valence-corrected chi connectivity index (χ1v) is 5.34. The first kappa shape index (κ1) is 10.9. The van der Waals surface area contributed by atoms with Gasteiger partial charge >= 0.3 is 0 Å². The van der Waals surface area contributed by atoms with Crippen LogP contribution in [0.5, 0.6) is 0 Å². The number of anilines is 2. The highest BCUT2D eigenvalue weighted by Crippen LogP contribution is 2.31. The second-order valence-corrected chi connectivity index (χ2v) is 4.02. The number of furan rings is 1. The lowest BCUT2D eigenvalue weighted by Gasteiger charge is -2.21. The van der Waals surface area contributed by atoms with Gasteiger partial charge in [-0.3, -0.25) is 0 Å². The molecule has 0 aliphatic rings. The number of halogens is 1. The number of nitrogens with two attached hydrogens (primary N) is 1. The molecule has 2 N–H and O–H groups in total. The molecule has 1 aromatic heterocycles. The maximum Gasteiger partial charge on any atom is 0.123 e. The molecule has 0 unspecified atom stereocenters. The Hall–Kier alpha value is -1.61. The number of para-hydroxylation sites is 1. The predicted octanol–water partition coefficient (Wildman–Crippen LogP) is 3.15. The van der Waals surface area contributed by atoms with Gasteiger partial charge in [-0.1, -0.05) is 17.7 Å². The van der Waals surface area contributed by atoms with E-state index in [-0.39, 0.29) is 0 Å². The van der Waals surface area contributed by atoms with E-state index >= 15 is 0 Å². The van der Waals surface area contributed by atoms with Crippen LogP contribution in [0, 0.1) is 0 Å². The SMILES string of the molecule is CN(Cc1ccco1)c1c(N)cccc1Cl. The third-order valence-electron chi connectivity index (χ3n) is 2.37. The molecule has 0 aliphatic heterocycles. The average molecular weight is 237 g/mol. The van der Waals surface area contributed by atoms with Crippen molar-refractivity contribution in [2.24, 2.45) is 0 Å². The van der Waals surface area contributed by atoms with E-state index in [1.807, 2.05) is 42.3 Å². The molecule has 0 aliphatic carbocycles. The Labute approximate surface area is 99.4 Å². The van der Waals surface area contributed by atoms with Crippen LogP contribution in [0.3, 0.4) is 0 Å². The topological polar surface area (TPSA) is 42.4 Å². The molecule has 2 rings (SSSR count). The molecule has 1 heterocycles. The smallest absolute Gasteiger partial charge is 0.123 e. The van der Waals surface area contributed by atoms with Gasteiger partial charge in [-0.15, -0.1) is 0 Å². The zero-order valence-electron chi connectivity index (χ0n) is 8.98. The monoisotopic (exact) mass is 236 g/mol. The summed E-state index contributed by atoms with van der Waals surface area (Å²) in [6.45, 7) is 0.640. The lowest BCUT2D eigenvalue weighted by atomic mass is 10.2. The molecule has 0 saturated heterocycles. The van der Waals surface area contributed by atoms with Crippen LogP contribution in [0.15, 0.2) is 41.0 Å². The van der Waals surface area contributed by atoms with Crippen molar-refractivity contribution >= 4 is 23.0 Å². The van der Waals surface area contributed by atoms with E-state index in [9.17, 15) is 0 Å². The van der Waals surface area contributed by atoms with Crippen LogP contribution in [0.1, 0.15) is 5.76 Å². The molecule has 0 saturated carbocycles. The molecule has 0 spiro atoms. The Balaban J connectivity index is 2.24. The molecule has 0 bridgehead atoms. The number of nitrogens with zero attached hydrogens (tertiary/aromatic N) is 1. The maximum atomic E-state index is 6.11. The van der Waals surface area contributed by atoms with Crippen LogP contribution >= 0.6 is 11.6 Å². The van der Waals surface area contributed by atoms with Gasteiger partial charge in [-0.05, 0) is 24.3 Å². The third-order valence-corrected chi connectivity index (χ3v) is 2.68. The summed E-state index contributed by atoms with van der Waals surface area (Å²) < 4.78 is 5.28. The van der Waals surface area contributed by atoms with Gasteiger partial charge in [-0.2, -0.15) is 0 Å². The summed E-state index contributed by atoms with van der Waals surface area (Å²) in [5.41, 5.74) is 7.40. The Bertz CT molecular complexity index is 448. The number of hydrogen-bond donors (Lipinski definition) is 1. The van der Waals surface area contributed by atoms with Gasteiger partial charge in [0, 0.05) is 7.05 Å². The van der Waals surface area contributed by atoms with Gasteiger partial charge in [0.05, 0.1) is 29.2 Å². The summed E-state index contributed by atoms with van der Waals surface area (Å²) in [7, 11) is 1.93. The van der Waals surface area contributed by atoms with Crippen LogP contribution in [0.25, 0.3) is 0 Å². The van der Waals surface area contributed by atoms with Gasteiger partial charge < -0.3 is 15.1 Å². The lowest BCUT2D eigenvalue weighted by molar-refractivity contribution is 0.507. The van der Waals surface area contributed by atoms with E-state index in [1.54, 1.807) is 6.26 Å². The summed E-state index contributed by atoms with van der Waals surface area (Å²) in [5.74, 6) is 0.877. The van der Waals surface area contributed by atoms with E-state index in [0.29, 0.717) is 17.3 Å². The minimum Gasteiger partial charge on any atom is -0.467 e. The van der Waals surface area contributed by atoms with Crippen LogP contribution < -0.4 is 10.6 Å². The Morgan fingerprint density at radius 3 is 2.75 bits per heavy atom. The Kier molecular flexibility index (Phi) is 3.06. The van der Waals surface area contributed by atoms with Gasteiger partial charge in [0.25, 0.3) is 0 Å². The van der Waals surface area contributed by atoms with Crippen molar-refractivity contribution in [1.82, 2.24) is 0 Å². The average Bonchev–Trinajstić information content (AvgIpc) is 2.70. The molecular weight excluding hydrogens is 224 g/mol. The fraction of sp³-hybridized carbons (Fsp3) is 0.167. The predicted molar refractivity (Wildman–Crippen MR) is 66.7 cm³/mol. The molecular formula is C12H13ClN2O. The summed E-state index contributed by atoms with van der Waals surface area (Å²) in [4.78, 5) is 1.97. The third kappa shape index (κ3) is 2.14. The highest BCUT2D eigenvalue weighted by molar-refractivity contribution is 6.33. The second kappa shape index (κ2) is 4.49. The molecule has 0 atom stereocenters. The standard InChI is InChI=1S/C12H13ClN2O/c1-15(8-9-4-3-7-16-9)12-10(13)5-2-6-11(12)14/h2-7H,8,14H2,1H3. The molecule has 2 aromatic rings. The van der Waals surface area contributed by atoms with Gasteiger partial charge in [0.15, 0.2) is 0 Å². The largest absolute Gasteiger partial charge is 0.467 e.